The lowest BCUT2D eigenvalue weighted by Gasteiger charge is -2.22. The fourth-order valence-corrected chi connectivity index (χ4v) is 1.77. The van der Waals surface area contributed by atoms with E-state index in [2.05, 4.69) is 5.32 Å². The summed E-state index contributed by atoms with van der Waals surface area (Å²) in [6.07, 6.45) is -1.63. The van der Waals surface area contributed by atoms with Gasteiger partial charge < -0.3 is 15.5 Å². The van der Waals surface area contributed by atoms with Crippen molar-refractivity contribution in [2.45, 2.75) is 45.4 Å². The first-order chi connectivity index (χ1) is 9.31. The zero-order valence-electron chi connectivity index (χ0n) is 12.0. The minimum atomic E-state index is -0.921. The second-order valence-corrected chi connectivity index (χ2v) is 5.37. The molecule has 1 amide bonds. The number of halogens is 1. The van der Waals surface area contributed by atoms with Crippen LogP contribution in [0.4, 0.5) is 4.39 Å². The van der Waals surface area contributed by atoms with Crippen LogP contribution >= 0.6 is 0 Å². The number of carbonyl (C=O) groups is 1. The van der Waals surface area contributed by atoms with E-state index < -0.39 is 18.2 Å². The Labute approximate surface area is 118 Å². The van der Waals surface area contributed by atoms with Gasteiger partial charge in [0.2, 0.25) is 5.91 Å². The predicted octanol–water partition coefficient (Wildman–Crippen LogP) is 1.77. The van der Waals surface area contributed by atoms with Gasteiger partial charge >= 0.3 is 0 Å². The summed E-state index contributed by atoms with van der Waals surface area (Å²) in [5.74, 6) is -0.698. The molecule has 0 aromatic heterocycles. The van der Waals surface area contributed by atoms with E-state index >= 15 is 0 Å². The molecule has 3 atom stereocenters. The van der Waals surface area contributed by atoms with Gasteiger partial charge in [-0.3, -0.25) is 4.79 Å². The minimum Gasteiger partial charge on any atom is -0.392 e. The van der Waals surface area contributed by atoms with Crippen molar-refractivity contribution in [1.29, 1.82) is 0 Å². The summed E-state index contributed by atoms with van der Waals surface area (Å²) in [4.78, 5) is 11.7. The molecule has 3 unspecified atom stereocenters. The highest BCUT2D eigenvalue weighted by molar-refractivity contribution is 5.76. The van der Waals surface area contributed by atoms with E-state index in [-0.39, 0.29) is 24.1 Å². The molecule has 0 heterocycles. The van der Waals surface area contributed by atoms with Crippen LogP contribution in [0, 0.1) is 11.7 Å². The van der Waals surface area contributed by atoms with E-state index in [9.17, 15) is 19.4 Å². The van der Waals surface area contributed by atoms with Crippen LogP contribution in [0.1, 0.15) is 38.9 Å². The number of hydrogen-bond donors (Lipinski definition) is 3. The van der Waals surface area contributed by atoms with Crippen molar-refractivity contribution in [1.82, 2.24) is 5.32 Å². The van der Waals surface area contributed by atoms with Gasteiger partial charge in [0.05, 0.1) is 24.7 Å². The summed E-state index contributed by atoms with van der Waals surface area (Å²) in [5.41, 5.74) is 0.531. The van der Waals surface area contributed by atoms with E-state index in [4.69, 9.17) is 0 Å². The van der Waals surface area contributed by atoms with Crippen LogP contribution in [-0.2, 0) is 4.79 Å². The fraction of sp³-hybridized carbons (Fsp3) is 0.533. The third kappa shape index (κ3) is 4.90. The van der Waals surface area contributed by atoms with Gasteiger partial charge in [0, 0.05) is 0 Å². The largest absolute Gasteiger partial charge is 0.392 e. The average molecular weight is 283 g/mol. The lowest BCUT2D eigenvalue weighted by Crippen LogP contribution is -2.39. The Hall–Kier alpha value is -1.46. The van der Waals surface area contributed by atoms with Crippen molar-refractivity contribution < 1.29 is 19.4 Å². The van der Waals surface area contributed by atoms with Crippen molar-refractivity contribution in [3.05, 3.63) is 35.6 Å². The molecule has 4 nitrogen and oxygen atoms in total. The van der Waals surface area contributed by atoms with E-state index in [1.165, 1.54) is 24.3 Å². The molecule has 1 rings (SSSR count). The zero-order valence-corrected chi connectivity index (χ0v) is 12.0. The first-order valence-electron chi connectivity index (χ1n) is 6.72. The van der Waals surface area contributed by atoms with E-state index in [1.807, 2.05) is 13.8 Å². The molecule has 112 valence electrons. The Kier molecular flexibility index (Phi) is 6.10. The molecule has 0 spiro atoms. The van der Waals surface area contributed by atoms with Crippen molar-refractivity contribution in [2.75, 3.05) is 0 Å². The molecule has 5 heteroatoms. The predicted molar refractivity (Wildman–Crippen MR) is 74.4 cm³/mol. The number of rotatable bonds is 6. The number of aliphatic hydroxyl groups excluding tert-OH is 2. The monoisotopic (exact) mass is 283 g/mol. The molecular weight excluding hydrogens is 261 g/mol. The number of carbonyl (C=O) groups excluding carboxylic acids is 1. The highest BCUT2D eigenvalue weighted by atomic mass is 19.1. The van der Waals surface area contributed by atoms with E-state index in [1.54, 1.807) is 6.92 Å². The molecule has 20 heavy (non-hydrogen) atoms. The maximum atomic E-state index is 12.8. The summed E-state index contributed by atoms with van der Waals surface area (Å²) < 4.78 is 12.8. The van der Waals surface area contributed by atoms with Gasteiger partial charge in [-0.05, 0) is 30.5 Å². The third-order valence-corrected chi connectivity index (χ3v) is 3.24. The molecule has 0 saturated carbocycles. The summed E-state index contributed by atoms with van der Waals surface area (Å²) in [5, 5.41) is 22.3. The lowest BCUT2D eigenvalue weighted by atomic mass is 10.0. The topological polar surface area (TPSA) is 69.6 Å². The summed E-state index contributed by atoms with van der Waals surface area (Å²) >= 11 is 0. The van der Waals surface area contributed by atoms with Crippen LogP contribution < -0.4 is 5.32 Å². The van der Waals surface area contributed by atoms with Gasteiger partial charge in [-0.1, -0.05) is 26.0 Å². The second kappa shape index (κ2) is 7.36. The first kappa shape index (κ1) is 16.6. The van der Waals surface area contributed by atoms with Gasteiger partial charge in [0.25, 0.3) is 0 Å². The Balaban J connectivity index is 2.55. The van der Waals surface area contributed by atoms with Crippen LogP contribution in [0.3, 0.4) is 0 Å². The van der Waals surface area contributed by atoms with Crippen molar-refractivity contribution in [2.24, 2.45) is 5.92 Å². The minimum absolute atomic E-state index is 0.00178. The zero-order chi connectivity index (χ0) is 15.3. The quantitative estimate of drug-likeness (QED) is 0.745. The van der Waals surface area contributed by atoms with Crippen molar-refractivity contribution >= 4 is 5.91 Å². The van der Waals surface area contributed by atoms with Crippen LogP contribution in [0.5, 0.6) is 0 Å². The summed E-state index contributed by atoms with van der Waals surface area (Å²) in [6, 6.07) is 4.95. The van der Waals surface area contributed by atoms with Crippen LogP contribution in [0.25, 0.3) is 0 Å². The number of nitrogens with one attached hydrogen (secondary N) is 1. The number of amides is 1. The summed E-state index contributed by atoms with van der Waals surface area (Å²) in [7, 11) is 0. The molecule has 0 bridgehead atoms. The Morgan fingerprint density at radius 1 is 1.20 bits per heavy atom. The van der Waals surface area contributed by atoms with Gasteiger partial charge in [0.15, 0.2) is 0 Å². The number of aliphatic hydroxyl groups is 2. The maximum absolute atomic E-state index is 12.8. The van der Waals surface area contributed by atoms with Crippen molar-refractivity contribution in [3.8, 4) is 0 Å². The number of benzene rings is 1. The van der Waals surface area contributed by atoms with Gasteiger partial charge in [-0.15, -0.1) is 0 Å². The van der Waals surface area contributed by atoms with Gasteiger partial charge in [0.1, 0.15) is 5.82 Å². The highest BCUT2D eigenvalue weighted by Crippen LogP contribution is 2.17. The molecule has 0 aliphatic carbocycles. The smallest absolute Gasteiger partial charge is 0.222 e. The molecule has 0 aliphatic heterocycles. The number of hydrogen-bond acceptors (Lipinski definition) is 3. The van der Waals surface area contributed by atoms with Gasteiger partial charge in [-0.25, -0.2) is 4.39 Å². The van der Waals surface area contributed by atoms with E-state index in [0.717, 1.165) is 0 Å². The average Bonchev–Trinajstić information content (AvgIpc) is 2.38. The highest BCUT2D eigenvalue weighted by Gasteiger charge is 2.20. The maximum Gasteiger partial charge on any atom is 0.222 e. The molecule has 0 fully saturated rings. The summed E-state index contributed by atoms with van der Waals surface area (Å²) in [6.45, 7) is 5.32. The van der Waals surface area contributed by atoms with Crippen LogP contribution in [0.2, 0.25) is 0 Å². The molecule has 0 radical (unpaired) electrons. The fourth-order valence-electron chi connectivity index (χ4n) is 1.77. The Morgan fingerprint density at radius 3 is 2.25 bits per heavy atom. The molecule has 0 aliphatic rings. The normalized spacial score (nSPS) is 15.8. The first-order valence-corrected chi connectivity index (χ1v) is 6.72. The Morgan fingerprint density at radius 2 is 1.75 bits per heavy atom. The molecular formula is C15H22FNO3. The molecule has 0 saturated heterocycles. The second-order valence-electron chi connectivity index (χ2n) is 5.37. The molecule has 1 aromatic rings. The van der Waals surface area contributed by atoms with Gasteiger partial charge in [-0.2, -0.15) is 0 Å². The Bertz CT molecular complexity index is 433. The third-order valence-electron chi connectivity index (χ3n) is 3.24. The lowest BCUT2D eigenvalue weighted by molar-refractivity contribution is -0.125. The van der Waals surface area contributed by atoms with E-state index in [0.29, 0.717) is 5.56 Å². The molecule has 1 aromatic carbocycles. The molecule has 3 N–H and O–H groups in total. The SMILES string of the molecule is CC(C)C(O)CC(=O)NC(C)C(O)c1ccc(F)cc1. The standard InChI is InChI=1S/C15H22FNO3/c1-9(2)13(18)8-14(19)17-10(3)15(20)11-4-6-12(16)7-5-11/h4-7,9-10,13,15,18,20H,8H2,1-3H3,(H,17,19). The van der Waals surface area contributed by atoms with Crippen LogP contribution in [0.15, 0.2) is 24.3 Å². The van der Waals surface area contributed by atoms with Crippen LogP contribution in [-0.4, -0.2) is 28.3 Å². The van der Waals surface area contributed by atoms with Crippen molar-refractivity contribution in [3.63, 3.8) is 0 Å².